The number of carbonyl (C=O) groups excluding carboxylic acids is 1. The van der Waals surface area contributed by atoms with Gasteiger partial charge in [0.1, 0.15) is 11.4 Å². The van der Waals surface area contributed by atoms with Crippen molar-refractivity contribution in [3.8, 4) is 5.75 Å². The Morgan fingerprint density at radius 2 is 2.04 bits per heavy atom. The molecule has 0 saturated carbocycles. The second kappa shape index (κ2) is 7.95. The summed E-state index contributed by atoms with van der Waals surface area (Å²) in [6.07, 6.45) is -0.238. The molecule has 0 aromatic heterocycles. The van der Waals surface area contributed by atoms with Gasteiger partial charge in [0, 0.05) is 43.5 Å². The van der Waals surface area contributed by atoms with Gasteiger partial charge in [-0.2, -0.15) is 0 Å². The highest BCUT2D eigenvalue weighted by atomic mass is 16.6. The van der Waals surface area contributed by atoms with Gasteiger partial charge in [-0.15, -0.1) is 0 Å². The maximum atomic E-state index is 12.3. The zero-order valence-electron chi connectivity index (χ0n) is 16.0. The van der Waals surface area contributed by atoms with Crippen molar-refractivity contribution in [2.45, 2.75) is 52.8 Å². The van der Waals surface area contributed by atoms with E-state index in [2.05, 4.69) is 11.8 Å². The van der Waals surface area contributed by atoms with E-state index in [0.717, 1.165) is 30.1 Å². The molecule has 0 bridgehead atoms. The Kier molecular flexibility index (Phi) is 6.16. The van der Waals surface area contributed by atoms with Crippen molar-refractivity contribution in [1.29, 1.82) is 0 Å². The van der Waals surface area contributed by atoms with Crippen molar-refractivity contribution in [3.63, 3.8) is 0 Å². The van der Waals surface area contributed by atoms with Crippen molar-refractivity contribution in [2.24, 2.45) is 0 Å². The molecule has 25 heavy (non-hydrogen) atoms. The molecule has 6 nitrogen and oxygen atoms in total. The highest BCUT2D eigenvalue weighted by Crippen LogP contribution is 2.25. The van der Waals surface area contributed by atoms with Crippen LogP contribution >= 0.6 is 0 Å². The molecular formula is C19H31N3O3. The fourth-order valence-corrected chi connectivity index (χ4v) is 2.96. The Bertz CT molecular complexity index is 598. The SMILES string of the molecule is CCOc1ccc(N)cc1CN1CCN(C(=O)OC(C)(C)C)C[C@@H]1C. The Labute approximate surface area is 150 Å². The fourth-order valence-electron chi connectivity index (χ4n) is 2.96. The molecule has 1 amide bonds. The summed E-state index contributed by atoms with van der Waals surface area (Å²) >= 11 is 0. The average Bonchev–Trinajstić information content (AvgIpc) is 2.50. The number of nitrogens with two attached hydrogens (primary N) is 1. The van der Waals surface area contributed by atoms with Crippen LogP contribution in [0.25, 0.3) is 0 Å². The number of nitrogens with zero attached hydrogens (tertiary/aromatic N) is 2. The van der Waals surface area contributed by atoms with E-state index in [1.54, 1.807) is 4.90 Å². The topological polar surface area (TPSA) is 68.0 Å². The smallest absolute Gasteiger partial charge is 0.410 e. The molecule has 1 aliphatic heterocycles. The molecule has 1 heterocycles. The highest BCUT2D eigenvalue weighted by molar-refractivity contribution is 5.68. The molecule has 1 fully saturated rings. The number of hydrogen-bond donors (Lipinski definition) is 1. The lowest BCUT2D eigenvalue weighted by molar-refractivity contribution is 0.00449. The van der Waals surface area contributed by atoms with Gasteiger partial charge in [0.05, 0.1) is 6.61 Å². The highest BCUT2D eigenvalue weighted by Gasteiger charge is 2.30. The minimum atomic E-state index is -0.467. The third-order valence-electron chi connectivity index (χ3n) is 4.17. The van der Waals surface area contributed by atoms with E-state index in [1.807, 2.05) is 45.9 Å². The van der Waals surface area contributed by atoms with Crippen LogP contribution in [0.1, 0.15) is 40.2 Å². The molecular weight excluding hydrogens is 318 g/mol. The predicted molar refractivity (Wildman–Crippen MR) is 99.7 cm³/mol. The number of anilines is 1. The van der Waals surface area contributed by atoms with E-state index in [-0.39, 0.29) is 12.1 Å². The van der Waals surface area contributed by atoms with Gasteiger partial charge in [-0.25, -0.2) is 4.79 Å². The molecule has 0 radical (unpaired) electrons. The van der Waals surface area contributed by atoms with Crippen molar-refractivity contribution < 1.29 is 14.3 Å². The zero-order valence-corrected chi connectivity index (χ0v) is 16.0. The maximum absolute atomic E-state index is 12.3. The number of piperazine rings is 1. The first-order chi connectivity index (χ1) is 11.7. The molecule has 0 spiro atoms. The lowest BCUT2D eigenvalue weighted by Gasteiger charge is -2.40. The van der Waals surface area contributed by atoms with Crippen molar-refractivity contribution in [2.75, 3.05) is 32.0 Å². The molecule has 1 aromatic carbocycles. The van der Waals surface area contributed by atoms with Gasteiger partial charge >= 0.3 is 6.09 Å². The molecule has 2 N–H and O–H groups in total. The predicted octanol–water partition coefficient (Wildman–Crippen LogP) is 3.11. The van der Waals surface area contributed by atoms with Crippen LogP contribution < -0.4 is 10.5 Å². The van der Waals surface area contributed by atoms with Crippen LogP contribution in [-0.4, -0.2) is 53.8 Å². The number of carbonyl (C=O) groups is 1. The van der Waals surface area contributed by atoms with Crippen LogP contribution in [0.5, 0.6) is 5.75 Å². The standard InChI is InChI=1S/C19H31N3O3/c1-6-24-17-8-7-16(20)11-15(17)13-21-9-10-22(12-14(21)2)18(23)25-19(3,4)5/h7-8,11,14H,6,9-10,12-13,20H2,1-5H3/t14-/m0/s1. The molecule has 1 aromatic rings. The minimum absolute atomic E-state index is 0.233. The molecule has 1 aliphatic rings. The van der Waals surface area contributed by atoms with Gasteiger partial charge in [0.15, 0.2) is 0 Å². The first-order valence-corrected chi connectivity index (χ1v) is 8.92. The fraction of sp³-hybridized carbons (Fsp3) is 0.632. The first kappa shape index (κ1) is 19.4. The van der Waals surface area contributed by atoms with Gasteiger partial charge in [0.25, 0.3) is 0 Å². The number of amides is 1. The van der Waals surface area contributed by atoms with Crippen molar-refractivity contribution in [3.05, 3.63) is 23.8 Å². The summed E-state index contributed by atoms with van der Waals surface area (Å²) < 4.78 is 11.2. The average molecular weight is 349 g/mol. The summed E-state index contributed by atoms with van der Waals surface area (Å²) in [5.41, 5.74) is 7.29. The van der Waals surface area contributed by atoms with E-state index < -0.39 is 5.60 Å². The van der Waals surface area contributed by atoms with Crippen LogP contribution in [0.3, 0.4) is 0 Å². The van der Waals surface area contributed by atoms with Crippen LogP contribution in [0.4, 0.5) is 10.5 Å². The van der Waals surface area contributed by atoms with E-state index in [9.17, 15) is 4.79 Å². The molecule has 0 aliphatic carbocycles. The van der Waals surface area contributed by atoms with Crippen LogP contribution in [0.2, 0.25) is 0 Å². The summed E-state index contributed by atoms with van der Waals surface area (Å²) in [6.45, 7) is 13.3. The van der Waals surface area contributed by atoms with Gasteiger partial charge in [-0.3, -0.25) is 4.90 Å². The zero-order chi connectivity index (χ0) is 18.6. The normalized spacial score (nSPS) is 18.9. The lowest BCUT2D eigenvalue weighted by Crippen LogP contribution is -2.54. The van der Waals surface area contributed by atoms with E-state index in [0.29, 0.717) is 19.7 Å². The van der Waals surface area contributed by atoms with Crippen LogP contribution in [-0.2, 0) is 11.3 Å². The monoisotopic (exact) mass is 349 g/mol. The number of nitrogen functional groups attached to an aromatic ring is 1. The Morgan fingerprint density at radius 1 is 1.32 bits per heavy atom. The lowest BCUT2D eigenvalue weighted by atomic mass is 10.1. The van der Waals surface area contributed by atoms with Crippen molar-refractivity contribution in [1.82, 2.24) is 9.80 Å². The molecule has 0 unspecified atom stereocenters. The third-order valence-corrected chi connectivity index (χ3v) is 4.17. The minimum Gasteiger partial charge on any atom is -0.494 e. The summed E-state index contributed by atoms with van der Waals surface area (Å²) in [4.78, 5) is 16.4. The van der Waals surface area contributed by atoms with E-state index >= 15 is 0 Å². The number of rotatable bonds is 4. The Hall–Kier alpha value is -1.95. The summed E-state index contributed by atoms with van der Waals surface area (Å²) in [5, 5.41) is 0. The van der Waals surface area contributed by atoms with Crippen LogP contribution in [0, 0.1) is 0 Å². The van der Waals surface area contributed by atoms with E-state index in [1.165, 1.54) is 0 Å². The molecule has 1 saturated heterocycles. The number of benzene rings is 1. The molecule has 2 rings (SSSR count). The largest absolute Gasteiger partial charge is 0.494 e. The van der Waals surface area contributed by atoms with Gasteiger partial charge in [-0.1, -0.05) is 0 Å². The molecule has 6 heteroatoms. The van der Waals surface area contributed by atoms with Crippen LogP contribution in [0.15, 0.2) is 18.2 Å². The maximum Gasteiger partial charge on any atom is 0.410 e. The second-order valence-corrected chi connectivity index (χ2v) is 7.55. The summed E-state index contributed by atoms with van der Waals surface area (Å²) in [7, 11) is 0. The first-order valence-electron chi connectivity index (χ1n) is 8.92. The summed E-state index contributed by atoms with van der Waals surface area (Å²) in [5.74, 6) is 0.874. The quantitative estimate of drug-likeness (QED) is 0.846. The van der Waals surface area contributed by atoms with E-state index in [4.69, 9.17) is 15.2 Å². The third kappa shape index (κ3) is 5.53. The molecule has 1 atom stereocenters. The van der Waals surface area contributed by atoms with Gasteiger partial charge in [0.2, 0.25) is 0 Å². The Balaban J connectivity index is 2.00. The van der Waals surface area contributed by atoms with Gasteiger partial charge < -0.3 is 20.1 Å². The number of ether oxygens (including phenoxy) is 2. The number of hydrogen-bond acceptors (Lipinski definition) is 5. The molecule has 140 valence electrons. The summed E-state index contributed by atoms with van der Waals surface area (Å²) in [6, 6.07) is 5.99. The van der Waals surface area contributed by atoms with Gasteiger partial charge in [-0.05, 0) is 52.8 Å². The Morgan fingerprint density at radius 3 is 2.64 bits per heavy atom. The second-order valence-electron chi connectivity index (χ2n) is 7.55. The van der Waals surface area contributed by atoms with Crippen molar-refractivity contribution >= 4 is 11.8 Å².